The SMILES string of the molecule is CN=C(NCCc1ccccc1F)NCCc1cc(F)ccc1F. The summed E-state index contributed by atoms with van der Waals surface area (Å²) in [6.07, 6.45) is 0.851. The van der Waals surface area contributed by atoms with Gasteiger partial charge in [0.05, 0.1) is 0 Å². The maximum atomic E-state index is 13.5. The average Bonchev–Trinajstić information content (AvgIpc) is 2.58. The number of nitrogens with zero attached hydrogens (tertiary/aromatic N) is 1. The second-order valence-corrected chi connectivity index (χ2v) is 5.25. The molecule has 24 heavy (non-hydrogen) atoms. The molecule has 0 aromatic heterocycles. The van der Waals surface area contributed by atoms with Gasteiger partial charge in [-0.05, 0) is 48.2 Å². The van der Waals surface area contributed by atoms with Crippen LogP contribution in [-0.2, 0) is 12.8 Å². The predicted molar refractivity (Wildman–Crippen MR) is 89.5 cm³/mol. The lowest BCUT2D eigenvalue weighted by molar-refractivity contribution is 0.583. The van der Waals surface area contributed by atoms with Crippen LogP contribution in [0.25, 0.3) is 0 Å². The van der Waals surface area contributed by atoms with Gasteiger partial charge in [0.1, 0.15) is 17.5 Å². The van der Waals surface area contributed by atoms with Crippen LogP contribution in [-0.4, -0.2) is 26.1 Å². The fourth-order valence-corrected chi connectivity index (χ4v) is 2.29. The second-order valence-electron chi connectivity index (χ2n) is 5.25. The minimum absolute atomic E-state index is 0.233. The quantitative estimate of drug-likeness (QED) is 0.629. The number of hydrogen-bond acceptors (Lipinski definition) is 1. The van der Waals surface area contributed by atoms with Crippen LogP contribution in [0.15, 0.2) is 47.5 Å². The van der Waals surface area contributed by atoms with Crippen LogP contribution in [0.5, 0.6) is 0 Å². The Morgan fingerprint density at radius 1 is 0.875 bits per heavy atom. The van der Waals surface area contributed by atoms with Gasteiger partial charge >= 0.3 is 0 Å². The monoisotopic (exact) mass is 335 g/mol. The van der Waals surface area contributed by atoms with Crippen LogP contribution in [0.2, 0.25) is 0 Å². The molecule has 0 fully saturated rings. The Kier molecular flexibility index (Phi) is 6.66. The smallest absolute Gasteiger partial charge is 0.190 e. The van der Waals surface area contributed by atoms with E-state index < -0.39 is 11.6 Å². The third-order valence-electron chi connectivity index (χ3n) is 3.56. The molecule has 0 heterocycles. The molecular weight excluding hydrogens is 315 g/mol. The highest BCUT2D eigenvalue weighted by Gasteiger charge is 2.05. The maximum Gasteiger partial charge on any atom is 0.190 e. The largest absolute Gasteiger partial charge is 0.356 e. The van der Waals surface area contributed by atoms with Gasteiger partial charge in [-0.3, -0.25) is 4.99 Å². The first-order chi connectivity index (χ1) is 11.6. The second kappa shape index (κ2) is 8.96. The Bertz CT molecular complexity index is 702. The van der Waals surface area contributed by atoms with E-state index in [9.17, 15) is 13.2 Å². The van der Waals surface area contributed by atoms with E-state index in [1.807, 2.05) is 0 Å². The summed E-state index contributed by atoms with van der Waals surface area (Å²) < 4.78 is 40.2. The van der Waals surface area contributed by atoms with Crippen LogP contribution in [0.1, 0.15) is 11.1 Å². The summed E-state index contributed by atoms with van der Waals surface area (Å²) >= 11 is 0. The number of rotatable bonds is 6. The first-order valence-electron chi connectivity index (χ1n) is 7.72. The van der Waals surface area contributed by atoms with Crippen molar-refractivity contribution in [2.24, 2.45) is 4.99 Å². The third-order valence-corrected chi connectivity index (χ3v) is 3.56. The maximum absolute atomic E-state index is 13.5. The fourth-order valence-electron chi connectivity index (χ4n) is 2.29. The molecular formula is C18H20F3N3. The van der Waals surface area contributed by atoms with E-state index in [0.29, 0.717) is 43.0 Å². The summed E-state index contributed by atoms with van der Waals surface area (Å²) in [5, 5.41) is 6.08. The summed E-state index contributed by atoms with van der Waals surface area (Å²) in [5.74, 6) is -0.591. The Morgan fingerprint density at radius 3 is 2.17 bits per heavy atom. The van der Waals surface area contributed by atoms with Crippen molar-refractivity contribution in [2.75, 3.05) is 20.1 Å². The molecule has 0 aliphatic carbocycles. The number of benzene rings is 2. The third kappa shape index (κ3) is 5.30. The van der Waals surface area contributed by atoms with E-state index in [1.54, 1.807) is 25.2 Å². The van der Waals surface area contributed by atoms with E-state index >= 15 is 0 Å². The Hall–Kier alpha value is -2.50. The summed E-state index contributed by atoms with van der Waals surface area (Å²) in [6.45, 7) is 0.911. The van der Waals surface area contributed by atoms with Gasteiger partial charge in [-0.1, -0.05) is 18.2 Å². The summed E-state index contributed by atoms with van der Waals surface area (Å²) in [4.78, 5) is 4.05. The standard InChI is InChI=1S/C18H20F3N3/c1-22-18(23-10-8-13-4-2-3-5-16(13)20)24-11-9-14-12-15(19)6-7-17(14)21/h2-7,12H,8-11H2,1H3,(H2,22,23,24). The van der Waals surface area contributed by atoms with Crippen LogP contribution < -0.4 is 10.6 Å². The lowest BCUT2D eigenvalue weighted by Crippen LogP contribution is -2.39. The molecule has 0 saturated heterocycles. The first kappa shape index (κ1) is 17.8. The normalized spacial score (nSPS) is 11.4. The van der Waals surface area contributed by atoms with Crippen LogP contribution in [0, 0.1) is 17.5 Å². The van der Waals surface area contributed by atoms with Crippen molar-refractivity contribution in [2.45, 2.75) is 12.8 Å². The average molecular weight is 335 g/mol. The molecule has 2 N–H and O–H groups in total. The van der Waals surface area contributed by atoms with Gasteiger partial charge in [0, 0.05) is 20.1 Å². The highest BCUT2D eigenvalue weighted by atomic mass is 19.1. The molecule has 0 saturated carbocycles. The Morgan fingerprint density at radius 2 is 1.50 bits per heavy atom. The van der Waals surface area contributed by atoms with Gasteiger partial charge in [-0.15, -0.1) is 0 Å². The first-order valence-corrected chi connectivity index (χ1v) is 7.72. The number of guanidine groups is 1. The number of halogens is 3. The van der Waals surface area contributed by atoms with E-state index in [4.69, 9.17) is 0 Å². The lowest BCUT2D eigenvalue weighted by atomic mass is 10.1. The molecule has 0 spiro atoms. The van der Waals surface area contributed by atoms with Crippen molar-refractivity contribution in [3.8, 4) is 0 Å². The molecule has 128 valence electrons. The molecule has 0 aliphatic rings. The minimum atomic E-state index is -0.459. The van der Waals surface area contributed by atoms with Crippen molar-refractivity contribution in [1.82, 2.24) is 10.6 Å². The van der Waals surface area contributed by atoms with E-state index in [2.05, 4.69) is 15.6 Å². The van der Waals surface area contributed by atoms with Gasteiger partial charge < -0.3 is 10.6 Å². The topological polar surface area (TPSA) is 36.4 Å². The van der Waals surface area contributed by atoms with Crippen molar-refractivity contribution in [3.05, 3.63) is 71.0 Å². The molecule has 2 rings (SSSR count). The molecule has 0 radical (unpaired) electrons. The van der Waals surface area contributed by atoms with Crippen molar-refractivity contribution < 1.29 is 13.2 Å². The molecule has 0 bridgehead atoms. The van der Waals surface area contributed by atoms with E-state index in [-0.39, 0.29) is 5.82 Å². The Balaban J connectivity index is 1.76. The van der Waals surface area contributed by atoms with Gasteiger partial charge in [-0.25, -0.2) is 13.2 Å². The molecule has 0 unspecified atom stereocenters. The van der Waals surface area contributed by atoms with Gasteiger partial charge in [0.25, 0.3) is 0 Å². The number of hydrogen-bond donors (Lipinski definition) is 2. The molecule has 0 atom stereocenters. The predicted octanol–water partition coefficient (Wildman–Crippen LogP) is 3.05. The number of nitrogens with one attached hydrogen (secondary N) is 2. The molecule has 3 nitrogen and oxygen atoms in total. The molecule has 0 aliphatic heterocycles. The highest BCUT2D eigenvalue weighted by molar-refractivity contribution is 5.79. The zero-order chi connectivity index (χ0) is 17.4. The van der Waals surface area contributed by atoms with Gasteiger partial charge in [0.15, 0.2) is 5.96 Å². The zero-order valence-electron chi connectivity index (χ0n) is 13.5. The fraction of sp³-hybridized carbons (Fsp3) is 0.278. The summed E-state index contributed by atoms with van der Waals surface area (Å²) in [7, 11) is 1.61. The van der Waals surface area contributed by atoms with Crippen molar-refractivity contribution >= 4 is 5.96 Å². The minimum Gasteiger partial charge on any atom is -0.356 e. The molecule has 6 heteroatoms. The molecule has 0 amide bonds. The van der Waals surface area contributed by atoms with Gasteiger partial charge in [0.2, 0.25) is 0 Å². The van der Waals surface area contributed by atoms with Crippen molar-refractivity contribution in [1.29, 1.82) is 0 Å². The molecule has 2 aromatic rings. The van der Waals surface area contributed by atoms with Crippen LogP contribution in [0.4, 0.5) is 13.2 Å². The van der Waals surface area contributed by atoms with E-state index in [1.165, 1.54) is 12.1 Å². The summed E-state index contributed by atoms with van der Waals surface area (Å²) in [5.41, 5.74) is 0.937. The van der Waals surface area contributed by atoms with Crippen molar-refractivity contribution in [3.63, 3.8) is 0 Å². The van der Waals surface area contributed by atoms with Crippen LogP contribution in [0.3, 0.4) is 0 Å². The summed E-state index contributed by atoms with van der Waals surface area (Å²) in [6, 6.07) is 10.0. The Labute approximate surface area is 139 Å². The molecule has 2 aromatic carbocycles. The van der Waals surface area contributed by atoms with Gasteiger partial charge in [-0.2, -0.15) is 0 Å². The number of aliphatic imine (C=N–C) groups is 1. The lowest BCUT2D eigenvalue weighted by Gasteiger charge is -2.12. The van der Waals surface area contributed by atoms with E-state index in [0.717, 1.165) is 12.1 Å². The highest BCUT2D eigenvalue weighted by Crippen LogP contribution is 2.09. The zero-order valence-corrected chi connectivity index (χ0v) is 13.5. The van der Waals surface area contributed by atoms with Crippen LogP contribution >= 0.6 is 0 Å².